The molecule has 3 rings (SSSR count). The molecule has 0 atom stereocenters. The van der Waals surface area contributed by atoms with Crippen LogP contribution in [0.3, 0.4) is 0 Å². The molecule has 0 radical (unpaired) electrons. The van der Waals surface area contributed by atoms with Crippen molar-refractivity contribution in [1.29, 1.82) is 0 Å². The molecule has 0 spiro atoms. The molecule has 0 fully saturated rings. The van der Waals surface area contributed by atoms with E-state index in [2.05, 4.69) is 0 Å². The second-order valence-corrected chi connectivity index (χ2v) is 5.76. The molecule has 1 N–H and O–H groups in total. The molecular weight excluding hydrogens is 283 g/mol. The van der Waals surface area contributed by atoms with Gasteiger partial charge in [-0.25, -0.2) is 0 Å². The number of hydrogen-bond donors (Lipinski definition) is 1. The topological polar surface area (TPSA) is 50.4 Å². The molecule has 0 aliphatic heterocycles. The van der Waals surface area contributed by atoms with Crippen molar-refractivity contribution in [3.05, 3.63) is 46.9 Å². The zero-order valence-corrected chi connectivity index (χ0v) is 10.4. The number of fused-ring (bicyclic) bond motifs is 1. The minimum absolute atomic E-state index is 0.214. The van der Waals surface area contributed by atoms with Gasteiger partial charge >= 0.3 is 103 Å². The summed E-state index contributed by atoms with van der Waals surface area (Å²) in [7, 11) is 0. The number of hydrogen-bond acceptors (Lipinski definition) is 2. The Hall–Kier alpha value is -1.77. The van der Waals surface area contributed by atoms with Crippen molar-refractivity contribution >= 4 is 30.3 Å². The molecule has 17 heavy (non-hydrogen) atoms. The van der Waals surface area contributed by atoms with Crippen LogP contribution < -0.4 is 0 Å². The summed E-state index contributed by atoms with van der Waals surface area (Å²) in [6, 6.07) is 13.4. The van der Waals surface area contributed by atoms with Gasteiger partial charge in [-0.2, -0.15) is 0 Å². The van der Waals surface area contributed by atoms with Gasteiger partial charge in [0, 0.05) is 0 Å². The van der Waals surface area contributed by atoms with E-state index in [0.29, 0.717) is 4.44 Å². The fraction of sp³-hybridized carbons (Fsp3) is 0. The second-order valence-electron chi connectivity index (χ2n) is 3.64. The maximum atomic E-state index is 10.8. The Kier molecular flexibility index (Phi) is 2.39. The predicted molar refractivity (Wildman–Crippen MR) is 65.5 cm³/mol. The van der Waals surface area contributed by atoms with Crippen LogP contribution >= 0.6 is 0 Å². The summed E-state index contributed by atoms with van der Waals surface area (Å²) in [6.45, 7) is 0. The number of carboxylic acid groups (broad SMARTS) is 1. The van der Waals surface area contributed by atoms with Crippen LogP contribution in [0, 0.1) is 0 Å². The van der Waals surface area contributed by atoms with Gasteiger partial charge in [-0.3, -0.25) is 0 Å². The summed E-state index contributed by atoms with van der Waals surface area (Å²) in [4.78, 5) is 10.8. The molecule has 0 saturated carbocycles. The van der Waals surface area contributed by atoms with Crippen molar-refractivity contribution < 1.29 is 14.3 Å². The molecule has 4 heteroatoms. The fourth-order valence-corrected chi connectivity index (χ4v) is 3.45. The van der Waals surface area contributed by atoms with Crippen LogP contribution in [0.15, 0.2) is 46.9 Å². The summed E-state index contributed by atoms with van der Waals surface area (Å²) in [6.07, 6.45) is 0. The van der Waals surface area contributed by atoms with Crippen molar-refractivity contribution in [2.45, 2.75) is 0 Å². The Morgan fingerprint density at radius 2 is 1.94 bits per heavy atom. The summed E-state index contributed by atoms with van der Waals surface area (Å²) in [5.74, 6) is -0.0455. The summed E-state index contributed by atoms with van der Waals surface area (Å²) < 4.78 is 6.95. The van der Waals surface area contributed by atoms with E-state index < -0.39 is 5.97 Å². The standard InChI is InChI=1S/C13H8O3Se/c14-12(15)11-7-9-6-10(16-13(9)17-11)8-4-2-1-3-5-8/h1-7H,(H,14,15). The van der Waals surface area contributed by atoms with Gasteiger partial charge in [0.25, 0.3) is 0 Å². The van der Waals surface area contributed by atoms with Crippen LogP contribution in [0.4, 0.5) is 0 Å². The summed E-state index contributed by atoms with van der Waals surface area (Å²) in [5, 5.41) is 9.80. The maximum absolute atomic E-state index is 10.8. The molecule has 3 aromatic rings. The van der Waals surface area contributed by atoms with Crippen LogP contribution in [-0.2, 0) is 0 Å². The summed E-state index contributed by atoms with van der Waals surface area (Å²) >= 11 is -0.214. The van der Waals surface area contributed by atoms with Gasteiger partial charge in [0.05, 0.1) is 0 Å². The molecule has 0 aliphatic carbocycles. The quantitative estimate of drug-likeness (QED) is 0.739. The van der Waals surface area contributed by atoms with E-state index in [1.807, 2.05) is 36.4 Å². The Bertz CT molecular complexity index is 648. The van der Waals surface area contributed by atoms with Gasteiger partial charge in [-0.15, -0.1) is 0 Å². The molecule has 0 aliphatic rings. The molecule has 84 valence electrons. The fourth-order valence-electron chi connectivity index (χ4n) is 1.69. The molecule has 1 aromatic carbocycles. The molecule has 2 heterocycles. The van der Waals surface area contributed by atoms with E-state index in [0.717, 1.165) is 21.2 Å². The SMILES string of the molecule is O=C(O)c1cc2cc(-c3ccccc3)oc2[se]1. The average Bonchev–Trinajstić information content (AvgIpc) is 2.87. The first-order valence-corrected chi connectivity index (χ1v) is 6.77. The van der Waals surface area contributed by atoms with Crippen LogP contribution in [0.5, 0.6) is 0 Å². The van der Waals surface area contributed by atoms with Gasteiger partial charge in [0.1, 0.15) is 0 Å². The van der Waals surface area contributed by atoms with Gasteiger partial charge in [-0.05, 0) is 0 Å². The number of carbonyl (C=O) groups is 1. The zero-order valence-electron chi connectivity index (χ0n) is 8.71. The van der Waals surface area contributed by atoms with E-state index >= 15 is 0 Å². The van der Waals surface area contributed by atoms with Crippen molar-refractivity contribution in [2.75, 3.05) is 0 Å². The van der Waals surface area contributed by atoms with Gasteiger partial charge in [-0.1, -0.05) is 0 Å². The predicted octanol–water partition coefficient (Wildman–Crippen LogP) is 2.86. The van der Waals surface area contributed by atoms with Crippen molar-refractivity contribution in [1.82, 2.24) is 0 Å². The Balaban J connectivity index is 2.10. The first kappa shape index (κ1) is 10.4. The number of furan rings is 1. The van der Waals surface area contributed by atoms with Crippen LogP contribution in [-0.4, -0.2) is 25.6 Å². The number of rotatable bonds is 2. The van der Waals surface area contributed by atoms with E-state index in [4.69, 9.17) is 9.52 Å². The zero-order chi connectivity index (χ0) is 11.8. The van der Waals surface area contributed by atoms with Crippen LogP contribution in [0.25, 0.3) is 21.2 Å². The van der Waals surface area contributed by atoms with E-state index in [1.54, 1.807) is 6.07 Å². The average molecular weight is 291 g/mol. The summed E-state index contributed by atoms with van der Waals surface area (Å²) in [5.41, 5.74) is 1.02. The normalized spacial score (nSPS) is 10.8. The second kappa shape index (κ2) is 3.91. The van der Waals surface area contributed by atoms with Gasteiger partial charge < -0.3 is 0 Å². The Labute approximate surface area is 103 Å². The van der Waals surface area contributed by atoms with E-state index in [1.165, 1.54) is 0 Å². The monoisotopic (exact) mass is 292 g/mol. The molecule has 0 saturated heterocycles. The molecule has 2 aromatic heterocycles. The third-order valence-electron chi connectivity index (χ3n) is 2.48. The first-order valence-electron chi connectivity index (χ1n) is 5.06. The van der Waals surface area contributed by atoms with Crippen molar-refractivity contribution in [2.24, 2.45) is 0 Å². The van der Waals surface area contributed by atoms with Crippen molar-refractivity contribution in [3.8, 4) is 11.3 Å². The van der Waals surface area contributed by atoms with Crippen LogP contribution in [0.2, 0.25) is 0 Å². The van der Waals surface area contributed by atoms with E-state index in [-0.39, 0.29) is 14.5 Å². The van der Waals surface area contributed by atoms with Gasteiger partial charge in [0.2, 0.25) is 0 Å². The molecular formula is C13H8O3Se. The number of aromatic carboxylic acids is 1. The molecule has 0 amide bonds. The Morgan fingerprint density at radius 3 is 2.59 bits per heavy atom. The van der Waals surface area contributed by atoms with Crippen molar-refractivity contribution in [3.63, 3.8) is 0 Å². The Morgan fingerprint density at radius 1 is 1.18 bits per heavy atom. The van der Waals surface area contributed by atoms with Gasteiger partial charge in [0.15, 0.2) is 0 Å². The van der Waals surface area contributed by atoms with E-state index in [9.17, 15) is 4.79 Å². The first-order chi connectivity index (χ1) is 8.24. The third kappa shape index (κ3) is 1.82. The third-order valence-corrected chi connectivity index (χ3v) is 4.62. The minimum atomic E-state index is -0.849. The number of benzene rings is 1. The molecule has 0 unspecified atom stereocenters. The molecule has 0 bridgehead atoms. The number of carboxylic acids is 1. The van der Waals surface area contributed by atoms with Crippen LogP contribution in [0.1, 0.15) is 9.23 Å². The molecule has 3 nitrogen and oxygen atoms in total.